The van der Waals surface area contributed by atoms with E-state index in [-0.39, 0.29) is 12.5 Å². The van der Waals surface area contributed by atoms with Gasteiger partial charge in [0.25, 0.3) is 5.91 Å². The van der Waals surface area contributed by atoms with Gasteiger partial charge in [-0.15, -0.1) is 0 Å². The van der Waals surface area contributed by atoms with Gasteiger partial charge < -0.3 is 10.2 Å². The van der Waals surface area contributed by atoms with E-state index >= 15 is 0 Å². The Kier molecular flexibility index (Phi) is 4.85. The van der Waals surface area contributed by atoms with E-state index in [4.69, 9.17) is 0 Å². The highest BCUT2D eigenvalue weighted by molar-refractivity contribution is 5.84. The molecule has 2 aliphatic rings. The number of nitrogens with one attached hydrogen (secondary N) is 1. The second-order valence-corrected chi connectivity index (χ2v) is 6.79. The highest BCUT2D eigenvalue weighted by Crippen LogP contribution is 2.34. The first-order valence-corrected chi connectivity index (χ1v) is 8.48. The molecule has 24 heavy (non-hydrogen) atoms. The van der Waals surface area contributed by atoms with Gasteiger partial charge in [-0.2, -0.15) is 18.3 Å². The topological polar surface area (TPSA) is 50.2 Å². The van der Waals surface area contributed by atoms with Crippen LogP contribution in [0, 0.1) is 5.92 Å². The molecule has 0 spiro atoms. The number of piperidine rings is 1. The van der Waals surface area contributed by atoms with Gasteiger partial charge in [0, 0.05) is 25.5 Å². The van der Waals surface area contributed by atoms with Crippen LogP contribution in [0.2, 0.25) is 0 Å². The van der Waals surface area contributed by atoms with Crippen molar-refractivity contribution in [3.8, 4) is 0 Å². The third-order valence-electron chi connectivity index (χ3n) is 4.90. The number of halogens is 3. The number of hydrogen-bond donors (Lipinski definition) is 1. The fourth-order valence-electron chi connectivity index (χ4n) is 3.35. The summed E-state index contributed by atoms with van der Waals surface area (Å²) in [5, 5.41) is 7.45. The molecule has 134 valence electrons. The number of aromatic nitrogens is 2. The van der Waals surface area contributed by atoms with Crippen LogP contribution in [0.4, 0.5) is 13.2 Å². The molecule has 0 atom stereocenters. The van der Waals surface area contributed by atoms with Crippen LogP contribution in [0.3, 0.4) is 0 Å². The Morgan fingerprint density at radius 2 is 2.04 bits per heavy atom. The molecule has 5 nitrogen and oxygen atoms in total. The average molecular weight is 344 g/mol. The van der Waals surface area contributed by atoms with Crippen LogP contribution in [-0.2, 0) is 10.3 Å². The van der Waals surface area contributed by atoms with Crippen molar-refractivity contribution >= 4 is 5.91 Å². The van der Waals surface area contributed by atoms with E-state index in [1.165, 1.54) is 4.90 Å². The summed E-state index contributed by atoms with van der Waals surface area (Å²) in [5.74, 6) is 0.127. The summed E-state index contributed by atoms with van der Waals surface area (Å²) >= 11 is 0. The molecule has 0 unspecified atom stereocenters. The van der Waals surface area contributed by atoms with Gasteiger partial charge in [0.2, 0.25) is 0 Å². The Morgan fingerprint density at radius 3 is 2.58 bits per heavy atom. The molecule has 0 aromatic carbocycles. The molecule has 3 rings (SSSR count). The zero-order valence-electron chi connectivity index (χ0n) is 13.6. The van der Waals surface area contributed by atoms with Crippen molar-refractivity contribution in [2.75, 3.05) is 26.2 Å². The Morgan fingerprint density at radius 1 is 1.33 bits per heavy atom. The molecule has 1 saturated carbocycles. The van der Waals surface area contributed by atoms with Gasteiger partial charge in [-0.3, -0.25) is 9.48 Å². The lowest BCUT2D eigenvalue weighted by molar-refractivity contribution is -0.152. The van der Waals surface area contributed by atoms with Crippen LogP contribution in [0.1, 0.15) is 32.1 Å². The highest BCUT2D eigenvalue weighted by atomic mass is 19.4. The van der Waals surface area contributed by atoms with Crippen LogP contribution in [0.5, 0.6) is 0 Å². The summed E-state index contributed by atoms with van der Waals surface area (Å²) in [6.07, 6.45) is 1.20. The third-order valence-corrected chi connectivity index (χ3v) is 4.90. The van der Waals surface area contributed by atoms with E-state index in [1.807, 2.05) is 0 Å². The van der Waals surface area contributed by atoms with Crippen LogP contribution < -0.4 is 5.32 Å². The smallest absolute Gasteiger partial charge is 0.340 e. The number of amides is 1. The van der Waals surface area contributed by atoms with Crippen LogP contribution >= 0.6 is 0 Å². The molecular weight excluding hydrogens is 321 g/mol. The lowest BCUT2D eigenvalue weighted by Crippen LogP contribution is -2.56. The second kappa shape index (κ2) is 6.74. The zero-order chi connectivity index (χ0) is 17.2. The fraction of sp³-hybridized carbons (Fsp3) is 0.750. The van der Waals surface area contributed by atoms with Gasteiger partial charge >= 0.3 is 6.18 Å². The molecule has 2 heterocycles. The molecule has 8 heteroatoms. The number of alkyl halides is 3. The molecule has 1 N–H and O–H groups in total. The first-order chi connectivity index (χ1) is 11.4. The van der Waals surface area contributed by atoms with E-state index in [2.05, 4.69) is 10.4 Å². The molecule has 1 amide bonds. The van der Waals surface area contributed by atoms with E-state index in [1.54, 1.807) is 23.1 Å². The summed E-state index contributed by atoms with van der Waals surface area (Å²) in [7, 11) is 0. The number of carbonyl (C=O) groups excluding carboxylic acids is 1. The lowest BCUT2D eigenvalue weighted by Gasteiger charge is -2.40. The summed E-state index contributed by atoms with van der Waals surface area (Å²) in [6.45, 7) is 1.46. The Balaban J connectivity index is 1.82. The Bertz CT molecular complexity index is 548. The van der Waals surface area contributed by atoms with E-state index in [0.717, 1.165) is 12.8 Å². The number of rotatable bonds is 6. The molecule has 1 saturated heterocycles. The largest absolute Gasteiger partial charge is 0.390 e. The summed E-state index contributed by atoms with van der Waals surface area (Å²) in [5.41, 5.74) is -0.866. The Hall–Kier alpha value is -1.57. The van der Waals surface area contributed by atoms with Crippen molar-refractivity contribution in [3.05, 3.63) is 18.5 Å². The predicted molar refractivity (Wildman–Crippen MR) is 82.3 cm³/mol. The highest BCUT2D eigenvalue weighted by Gasteiger charge is 2.45. The summed E-state index contributed by atoms with van der Waals surface area (Å²) in [6, 6.07) is 1.75. The molecule has 2 fully saturated rings. The summed E-state index contributed by atoms with van der Waals surface area (Å²) < 4.78 is 39.7. The van der Waals surface area contributed by atoms with Gasteiger partial charge in [-0.05, 0) is 50.8 Å². The minimum Gasteiger partial charge on any atom is -0.340 e. The molecule has 1 aromatic heterocycles. The van der Waals surface area contributed by atoms with E-state index in [0.29, 0.717) is 38.4 Å². The van der Waals surface area contributed by atoms with E-state index in [9.17, 15) is 18.0 Å². The molecule has 1 aromatic rings. The first-order valence-electron chi connectivity index (χ1n) is 8.48. The SMILES string of the molecule is O=C(N(CCC(F)(F)F)CC1CC1)C1(n2cccn2)CCNCC1. The van der Waals surface area contributed by atoms with Crippen LogP contribution in [-0.4, -0.2) is 52.9 Å². The quantitative estimate of drug-likeness (QED) is 0.860. The number of hydrogen-bond acceptors (Lipinski definition) is 3. The predicted octanol–water partition coefficient (Wildman–Crippen LogP) is 2.15. The lowest BCUT2D eigenvalue weighted by atomic mass is 9.86. The van der Waals surface area contributed by atoms with Gasteiger partial charge in [0.05, 0.1) is 6.42 Å². The van der Waals surface area contributed by atoms with Crippen molar-refractivity contribution in [2.24, 2.45) is 5.92 Å². The maximum absolute atomic E-state index is 13.3. The van der Waals surface area contributed by atoms with Crippen LogP contribution in [0.15, 0.2) is 18.5 Å². The van der Waals surface area contributed by atoms with Gasteiger partial charge in [0.15, 0.2) is 0 Å². The van der Waals surface area contributed by atoms with Gasteiger partial charge in [0.1, 0.15) is 5.54 Å². The minimum atomic E-state index is -4.25. The number of nitrogens with zero attached hydrogens (tertiary/aromatic N) is 3. The second-order valence-electron chi connectivity index (χ2n) is 6.79. The third kappa shape index (κ3) is 3.91. The average Bonchev–Trinajstić information content (AvgIpc) is 3.19. The van der Waals surface area contributed by atoms with Crippen molar-refractivity contribution in [2.45, 2.75) is 43.8 Å². The van der Waals surface area contributed by atoms with Crippen LogP contribution in [0.25, 0.3) is 0 Å². The monoisotopic (exact) mass is 344 g/mol. The maximum Gasteiger partial charge on any atom is 0.390 e. The van der Waals surface area contributed by atoms with Crippen molar-refractivity contribution in [1.82, 2.24) is 20.0 Å². The normalized spacial score (nSPS) is 20.8. The molecule has 1 aliphatic carbocycles. The zero-order valence-corrected chi connectivity index (χ0v) is 13.6. The fourth-order valence-corrected chi connectivity index (χ4v) is 3.35. The maximum atomic E-state index is 13.3. The molecule has 1 aliphatic heterocycles. The van der Waals surface area contributed by atoms with Gasteiger partial charge in [-0.25, -0.2) is 0 Å². The summed E-state index contributed by atoms with van der Waals surface area (Å²) in [4.78, 5) is 14.7. The van der Waals surface area contributed by atoms with Crippen molar-refractivity contribution in [3.63, 3.8) is 0 Å². The molecular formula is C16H23F3N4O. The van der Waals surface area contributed by atoms with Crippen molar-refractivity contribution in [1.29, 1.82) is 0 Å². The van der Waals surface area contributed by atoms with Gasteiger partial charge in [-0.1, -0.05) is 0 Å². The molecule has 0 bridgehead atoms. The first kappa shape index (κ1) is 17.3. The van der Waals surface area contributed by atoms with E-state index < -0.39 is 18.1 Å². The standard InChI is InChI=1S/C16H23F3N4O/c17-16(18,19)6-11-22(12-13-2-3-13)14(24)15(4-8-20-9-5-15)23-10-1-7-21-23/h1,7,10,13,20H,2-6,8-9,11-12H2. The minimum absolute atomic E-state index is 0.219. The number of carbonyl (C=O) groups is 1. The Labute approximate surface area is 139 Å². The van der Waals surface area contributed by atoms with Crippen molar-refractivity contribution < 1.29 is 18.0 Å². The molecule has 0 radical (unpaired) electrons.